The van der Waals surface area contributed by atoms with E-state index in [1.807, 2.05) is 6.07 Å². The highest BCUT2D eigenvalue weighted by Gasteiger charge is 2.33. The van der Waals surface area contributed by atoms with E-state index >= 15 is 0 Å². The topological polar surface area (TPSA) is 92.6 Å². The molecule has 21 heavy (non-hydrogen) atoms. The molecule has 1 aliphatic carbocycles. The lowest BCUT2D eigenvalue weighted by molar-refractivity contribution is 0.0745. The van der Waals surface area contributed by atoms with Crippen LogP contribution in [0.15, 0.2) is 22.9 Å². The van der Waals surface area contributed by atoms with Gasteiger partial charge in [0.2, 0.25) is 0 Å². The summed E-state index contributed by atoms with van der Waals surface area (Å²) in [7, 11) is 0. The Morgan fingerprint density at radius 2 is 2.38 bits per heavy atom. The smallest absolute Gasteiger partial charge is 0.252 e. The molecule has 0 aliphatic heterocycles. The van der Waals surface area contributed by atoms with Crippen LogP contribution in [0, 0.1) is 5.92 Å². The molecule has 112 valence electrons. The van der Waals surface area contributed by atoms with Gasteiger partial charge in [0.1, 0.15) is 5.72 Å². The van der Waals surface area contributed by atoms with E-state index in [4.69, 9.17) is 5.73 Å². The number of nitrogens with two attached hydrogens (primary N) is 1. The third-order valence-electron chi connectivity index (χ3n) is 3.65. The maximum atomic E-state index is 11.6. The Balaban J connectivity index is 2.04. The van der Waals surface area contributed by atoms with Crippen LogP contribution in [0.2, 0.25) is 0 Å². The van der Waals surface area contributed by atoms with Crippen molar-refractivity contribution in [2.45, 2.75) is 31.9 Å². The lowest BCUT2D eigenvalue weighted by Crippen LogP contribution is -2.36. The van der Waals surface area contributed by atoms with Gasteiger partial charge in [-0.15, -0.1) is 0 Å². The fraction of sp³-hybridized carbons (Fsp3) is 0.429. The van der Waals surface area contributed by atoms with Crippen molar-refractivity contribution in [2.24, 2.45) is 11.7 Å². The van der Waals surface area contributed by atoms with Crippen molar-refractivity contribution < 1.29 is 9.90 Å². The zero-order chi connectivity index (χ0) is 15.2. The van der Waals surface area contributed by atoms with Crippen molar-refractivity contribution in [3.05, 3.63) is 28.5 Å². The summed E-state index contributed by atoms with van der Waals surface area (Å²) in [6.07, 6.45) is 6.12. The van der Waals surface area contributed by atoms with Crippen molar-refractivity contribution in [3.63, 3.8) is 0 Å². The summed E-state index contributed by atoms with van der Waals surface area (Å²) < 4.78 is 2.47. The van der Waals surface area contributed by atoms with E-state index < -0.39 is 11.6 Å². The number of primary amides is 1. The molecule has 1 aliphatic rings. The highest BCUT2D eigenvalue weighted by Crippen LogP contribution is 2.38. The second-order valence-corrected chi connectivity index (χ2v) is 6.75. The molecular formula is C14H17BrN4O2. The number of halogens is 1. The fourth-order valence-corrected chi connectivity index (χ4v) is 2.96. The minimum atomic E-state index is -1.09. The molecule has 0 saturated heterocycles. The van der Waals surface area contributed by atoms with Crippen LogP contribution in [0.3, 0.4) is 0 Å². The first-order valence-electron chi connectivity index (χ1n) is 6.83. The second kappa shape index (κ2) is 4.99. The van der Waals surface area contributed by atoms with Crippen molar-refractivity contribution in [1.82, 2.24) is 9.61 Å². The molecule has 0 bridgehead atoms. The van der Waals surface area contributed by atoms with Gasteiger partial charge in [-0.25, -0.2) is 4.52 Å². The molecule has 2 aromatic rings. The van der Waals surface area contributed by atoms with Gasteiger partial charge in [0, 0.05) is 10.7 Å². The average Bonchev–Trinajstić information content (AvgIpc) is 3.06. The molecule has 0 spiro atoms. The van der Waals surface area contributed by atoms with Crippen LogP contribution in [-0.2, 0) is 0 Å². The first-order chi connectivity index (χ1) is 9.85. The van der Waals surface area contributed by atoms with Gasteiger partial charge in [-0.1, -0.05) is 12.8 Å². The Morgan fingerprint density at radius 3 is 3.00 bits per heavy atom. The summed E-state index contributed by atoms with van der Waals surface area (Å²) in [5, 5.41) is 17.8. The molecule has 1 atom stereocenters. The molecule has 0 radical (unpaired) electrons. The minimum Gasteiger partial charge on any atom is -0.371 e. The number of hydrogen-bond acceptors (Lipinski definition) is 4. The molecule has 1 fully saturated rings. The lowest BCUT2D eigenvalue weighted by Gasteiger charge is -2.27. The van der Waals surface area contributed by atoms with Gasteiger partial charge in [0.25, 0.3) is 5.91 Å². The minimum absolute atomic E-state index is 0.268. The van der Waals surface area contributed by atoms with Gasteiger partial charge in [-0.2, -0.15) is 5.10 Å². The van der Waals surface area contributed by atoms with Crippen LogP contribution in [0.5, 0.6) is 0 Å². The molecule has 0 aromatic carbocycles. The predicted octanol–water partition coefficient (Wildman–Crippen LogP) is 2.12. The number of hydrogen-bond donors (Lipinski definition) is 3. The fourth-order valence-electron chi connectivity index (χ4n) is 2.55. The molecule has 7 heteroatoms. The monoisotopic (exact) mass is 352 g/mol. The summed E-state index contributed by atoms with van der Waals surface area (Å²) >= 11 is 3.38. The third-order valence-corrected chi connectivity index (χ3v) is 4.08. The number of amides is 1. The van der Waals surface area contributed by atoms with Crippen LogP contribution in [0.1, 0.15) is 36.5 Å². The number of nitrogens with one attached hydrogen (secondary N) is 1. The van der Waals surface area contributed by atoms with Crippen molar-refractivity contribution >= 4 is 33.0 Å². The van der Waals surface area contributed by atoms with Gasteiger partial charge in [0.15, 0.2) is 0 Å². The number of anilines is 1. The zero-order valence-electron chi connectivity index (χ0n) is 11.6. The summed E-state index contributed by atoms with van der Waals surface area (Å²) in [6.45, 7) is 1.71. The third kappa shape index (κ3) is 3.03. The van der Waals surface area contributed by atoms with E-state index in [1.54, 1.807) is 17.6 Å². The molecule has 1 saturated carbocycles. The Kier molecular flexibility index (Phi) is 3.41. The normalized spacial score (nSPS) is 17.7. The highest BCUT2D eigenvalue weighted by atomic mass is 79.9. The van der Waals surface area contributed by atoms with Gasteiger partial charge < -0.3 is 16.2 Å². The number of carbonyl (C=O) groups is 1. The number of nitrogens with zero attached hydrogens (tertiary/aromatic N) is 2. The van der Waals surface area contributed by atoms with E-state index in [2.05, 4.69) is 26.3 Å². The van der Waals surface area contributed by atoms with Crippen molar-refractivity contribution in [3.8, 4) is 0 Å². The number of aliphatic hydroxyl groups is 1. The predicted molar refractivity (Wildman–Crippen MR) is 83.0 cm³/mol. The van der Waals surface area contributed by atoms with Crippen LogP contribution in [0.4, 0.5) is 5.69 Å². The van der Waals surface area contributed by atoms with Gasteiger partial charge in [-0.3, -0.25) is 4.79 Å². The average molecular weight is 353 g/mol. The number of rotatable bonds is 5. The molecule has 2 heterocycles. The Morgan fingerprint density at radius 1 is 1.67 bits per heavy atom. The largest absolute Gasteiger partial charge is 0.371 e. The number of carbonyl (C=O) groups excluding carboxylic acids is 1. The zero-order valence-corrected chi connectivity index (χ0v) is 13.2. The standard InChI is InChI=1S/C14H17BrN4O2/c1-14(21,5-8-2-3-8)18-12-10(13(16)20)6-17-19-7-9(15)4-11(12)19/h4,6-8,18,21H,2-3,5H2,1H3,(H2,16,20)/t14-/m1/s1. The van der Waals surface area contributed by atoms with Gasteiger partial charge >= 0.3 is 0 Å². The van der Waals surface area contributed by atoms with Crippen molar-refractivity contribution in [1.29, 1.82) is 0 Å². The molecule has 6 nitrogen and oxygen atoms in total. The van der Waals surface area contributed by atoms with Crippen LogP contribution >= 0.6 is 15.9 Å². The second-order valence-electron chi connectivity index (χ2n) is 5.83. The molecule has 1 amide bonds. The SMILES string of the molecule is C[C@@](O)(CC1CC1)Nc1c(C(N)=O)cnn2cc(Br)cc12. The first kappa shape index (κ1) is 14.3. The molecule has 0 unspecified atom stereocenters. The maximum Gasteiger partial charge on any atom is 0.252 e. The number of aromatic nitrogens is 2. The maximum absolute atomic E-state index is 11.6. The quantitative estimate of drug-likeness (QED) is 0.718. The van der Waals surface area contributed by atoms with E-state index in [9.17, 15) is 9.90 Å². The van der Waals surface area contributed by atoms with Crippen LogP contribution < -0.4 is 11.1 Å². The van der Waals surface area contributed by atoms with Crippen LogP contribution in [-0.4, -0.2) is 26.4 Å². The molecule has 3 rings (SSSR count). The van der Waals surface area contributed by atoms with Gasteiger partial charge in [-0.05, 0) is 41.3 Å². The Hall–Kier alpha value is -1.60. The molecular weight excluding hydrogens is 336 g/mol. The first-order valence-corrected chi connectivity index (χ1v) is 7.62. The van der Waals surface area contributed by atoms with E-state index in [-0.39, 0.29) is 5.56 Å². The Bertz CT molecular complexity index is 706. The van der Waals surface area contributed by atoms with Crippen LogP contribution in [0.25, 0.3) is 5.52 Å². The summed E-state index contributed by atoms with van der Waals surface area (Å²) in [6, 6.07) is 1.83. The summed E-state index contributed by atoms with van der Waals surface area (Å²) in [5.41, 5.74) is 5.80. The Labute approximate surface area is 130 Å². The lowest BCUT2D eigenvalue weighted by atomic mass is 10.1. The van der Waals surface area contributed by atoms with Crippen molar-refractivity contribution in [2.75, 3.05) is 5.32 Å². The van der Waals surface area contributed by atoms with E-state index in [0.717, 1.165) is 17.3 Å². The number of fused-ring (bicyclic) bond motifs is 1. The summed E-state index contributed by atoms with van der Waals surface area (Å²) in [5.74, 6) is -0.0343. The molecule has 4 N–H and O–H groups in total. The van der Waals surface area contributed by atoms with E-state index in [1.165, 1.54) is 6.20 Å². The van der Waals surface area contributed by atoms with E-state index in [0.29, 0.717) is 23.5 Å². The molecule has 2 aromatic heterocycles. The highest BCUT2D eigenvalue weighted by molar-refractivity contribution is 9.10. The summed E-state index contributed by atoms with van der Waals surface area (Å²) in [4.78, 5) is 11.6. The van der Waals surface area contributed by atoms with Gasteiger partial charge in [0.05, 0.1) is 23.0 Å².